The quantitative estimate of drug-likeness (QED) is 0.537. The van der Waals surface area contributed by atoms with Gasteiger partial charge in [0.25, 0.3) is 0 Å². The smallest absolute Gasteiger partial charge is 0.226 e. The van der Waals surface area contributed by atoms with Crippen LogP contribution in [0.25, 0.3) is 10.2 Å². The van der Waals surface area contributed by atoms with E-state index in [9.17, 15) is 4.79 Å². The van der Waals surface area contributed by atoms with Gasteiger partial charge in [0.15, 0.2) is 5.13 Å². The summed E-state index contributed by atoms with van der Waals surface area (Å²) in [5.41, 5.74) is 0.920. The van der Waals surface area contributed by atoms with Crippen LogP contribution in [0.1, 0.15) is 6.42 Å². The molecule has 3 rings (SSSR count). The van der Waals surface area contributed by atoms with Crippen LogP contribution in [-0.4, -0.2) is 22.9 Å². The molecule has 0 aliphatic rings. The van der Waals surface area contributed by atoms with E-state index in [1.165, 1.54) is 16.2 Å². The fourth-order valence-electron chi connectivity index (χ4n) is 2.06. The maximum Gasteiger partial charge on any atom is 0.226 e. The molecule has 7 heteroatoms. The highest BCUT2D eigenvalue weighted by atomic mass is 35.5. The molecule has 1 N–H and O–H groups in total. The molecule has 1 heterocycles. The summed E-state index contributed by atoms with van der Waals surface area (Å²) in [6, 6.07) is 13.8. The molecule has 0 bridgehead atoms. The number of aromatic nitrogens is 1. The first kappa shape index (κ1) is 17.6. The van der Waals surface area contributed by atoms with Crippen LogP contribution in [0.4, 0.5) is 5.13 Å². The van der Waals surface area contributed by atoms with E-state index in [1.807, 2.05) is 42.7 Å². The first-order chi connectivity index (χ1) is 11.6. The van der Waals surface area contributed by atoms with Crippen LogP contribution in [0, 0.1) is 0 Å². The second kappa shape index (κ2) is 8.25. The lowest BCUT2D eigenvalue weighted by atomic mass is 10.3. The molecule has 1 amide bonds. The molecule has 1 aromatic heterocycles. The highest BCUT2D eigenvalue weighted by Gasteiger charge is 2.08. The first-order valence-electron chi connectivity index (χ1n) is 7.27. The number of rotatable bonds is 6. The lowest BCUT2D eigenvalue weighted by Crippen LogP contribution is -2.11. The van der Waals surface area contributed by atoms with E-state index in [2.05, 4.69) is 16.4 Å². The fourth-order valence-corrected chi connectivity index (χ4v) is 4.47. The van der Waals surface area contributed by atoms with Gasteiger partial charge in [-0.1, -0.05) is 22.9 Å². The van der Waals surface area contributed by atoms with E-state index >= 15 is 0 Å². The van der Waals surface area contributed by atoms with Gasteiger partial charge < -0.3 is 5.32 Å². The average molecular weight is 395 g/mol. The number of thiazole rings is 1. The Morgan fingerprint density at radius 2 is 1.96 bits per heavy atom. The number of thioether (sulfide) groups is 2. The van der Waals surface area contributed by atoms with Gasteiger partial charge in [0.1, 0.15) is 0 Å². The molecule has 3 aromatic rings. The zero-order chi connectivity index (χ0) is 16.9. The third-order valence-electron chi connectivity index (χ3n) is 3.25. The summed E-state index contributed by atoms with van der Waals surface area (Å²) in [7, 11) is 0. The van der Waals surface area contributed by atoms with Gasteiger partial charge in [0, 0.05) is 27.0 Å². The maximum absolute atomic E-state index is 12.1. The maximum atomic E-state index is 12.1. The molecule has 0 unspecified atom stereocenters. The molecule has 0 saturated heterocycles. The van der Waals surface area contributed by atoms with Gasteiger partial charge in [-0.25, -0.2) is 4.98 Å². The van der Waals surface area contributed by atoms with Crippen molar-refractivity contribution in [3.05, 3.63) is 47.5 Å². The van der Waals surface area contributed by atoms with E-state index in [-0.39, 0.29) is 5.91 Å². The van der Waals surface area contributed by atoms with Gasteiger partial charge in [0.05, 0.1) is 10.2 Å². The van der Waals surface area contributed by atoms with Gasteiger partial charge in [-0.05, 0) is 48.7 Å². The number of carbonyl (C=O) groups excluding carboxylic acids is 1. The molecular formula is C17H15ClN2OS3. The number of amides is 1. The Hall–Kier alpha value is -1.21. The van der Waals surface area contributed by atoms with Crippen LogP contribution < -0.4 is 5.32 Å². The van der Waals surface area contributed by atoms with Gasteiger partial charge in [-0.15, -0.1) is 23.5 Å². The summed E-state index contributed by atoms with van der Waals surface area (Å²) in [6.45, 7) is 0. The van der Waals surface area contributed by atoms with Crippen LogP contribution in [0.3, 0.4) is 0 Å². The Bertz CT molecular complexity index is 849. The first-order valence-corrected chi connectivity index (χ1v) is 10.7. The van der Waals surface area contributed by atoms with Crippen molar-refractivity contribution < 1.29 is 4.79 Å². The number of nitrogens with one attached hydrogen (secondary N) is 1. The van der Waals surface area contributed by atoms with Crippen molar-refractivity contribution in [1.29, 1.82) is 0 Å². The number of hydrogen-bond acceptors (Lipinski definition) is 5. The molecular weight excluding hydrogens is 380 g/mol. The molecule has 0 aliphatic heterocycles. The van der Waals surface area contributed by atoms with E-state index < -0.39 is 0 Å². The second-order valence-electron chi connectivity index (χ2n) is 4.95. The molecule has 2 aromatic carbocycles. The largest absolute Gasteiger partial charge is 0.302 e. The monoisotopic (exact) mass is 394 g/mol. The minimum Gasteiger partial charge on any atom is -0.302 e. The zero-order valence-corrected chi connectivity index (χ0v) is 16.1. The van der Waals surface area contributed by atoms with Crippen molar-refractivity contribution in [3.8, 4) is 0 Å². The number of nitrogens with zero attached hydrogens (tertiary/aromatic N) is 1. The van der Waals surface area contributed by atoms with E-state index in [4.69, 9.17) is 11.6 Å². The van der Waals surface area contributed by atoms with Crippen molar-refractivity contribution in [2.24, 2.45) is 0 Å². The lowest BCUT2D eigenvalue weighted by Gasteiger charge is -2.02. The van der Waals surface area contributed by atoms with Gasteiger partial charge in [0.2, 0.25) is 5.91 Å². The molecule has 0 aliphatic carbocycles. The standard InChI is InChI=1S/C17H15ClN2OS3/c1-22-13-6-7-14-15(10-13)24-17(19-14)20-16(21)8-9-23-12-4-2-11(18)3-5-12/h2-7,10H,8-9H2,1H3,(H,19,20,21). The number of benzene rings is 2. The minimum atomic E-state index is -0.0133. The SMILES string of the molecule is CSc1ccc2nc(NC(=O)CCSc3ccc(Cl)cc3)sc2c1. The summed E-state index contributed by atoms with van der Waals surface area (Å²) in [5.74, 6) is 0.704. The van der Waals surface area contributed by atoms with Crippen molar-refractivity contribution in [1.82, 2.24) is 4.98 Å². The van der Waals surface area contributed by atoms with Gasteiger partial charge in [-0.2, -0.15) is 0 Å². The summed E-state index contributed by atoms with van der Waals surface area (Å²) in [6.07, 6.45) is 2.49. The Balaban J connectivity index is 1.53. The molecule has 0 fully saturated rings. The molecule has 0 saturated carbocycles. The Kier molecular flexibility index (Phi) is 6.05. The fraction of sp³-hybridized carbons (Fsp3) is 0.176. The molecule has 24 heavy (non-hydrogen) atoms. The zero-order valence-electron chi connectivity index (χ0n) is 12.9. The Morgan fingerprint density at radius 3 is 2.71 bits per heavy atom. The summed E-state index contributed by atoms with van der Waals surface area (Å²) >= 11 is 10.7. The van der Waals surface area contributed by atoms with E-state index in [0.717, 1.165) is 25.9 Å². The number of fused-ring (bicyclic) bond motifs is 1. The van der Waals surface area contributed by atoms with Crippen LogP contribution in [0.15, 0.2) is 52.3 Å². The van der Waals surface area contributed by atoms with E-state index in [1.54, 1.807) is 23.5 Å². The van der Waals surface area contributed by atoms with Crippen LogP contribution >= 0.6 is 46.5 Å². The number of carbonyl (C=O) groups is 1. The second-order valence-corrected chi connectivity index (χ2v) is 8.47. The third kappa shape index (κ3) is 4.66. The molecule has 0 radical (unpaired) electrons. The Labute approximate surface area is 158 Å². The minimum absolute atomic E-state index is 0.0133. The normalized spacial score (nSPS) is 10.9. The third-order valence-corrected chi connectivity index (χ3v) is 6.18. The van der Waals surface area contributed by atoms with Gasteiger partial charge in [-0.3, -0.25) is 4.79 Å². The molecule has 124 valence electrons. The predicted octanol–water partition coefficient (Wildman–Crippen LogP) is 5.79. The van der Waals surface area contributed by atoms with Crippen molar-refractivity contribution in [2.75, 3.05) is 17.3 Å². The predicted molar refractivity (Wildman–Crippen MR) is 107 cm³/mol. The van der Waals surface area contributed by atoms with Gasteiger partial charge >= 0.3 is 0 Å². The summed E-state index contributed by atoms with van der Waals surface area (Å²) < 4.78 is 1.09. The van der Waals surface area contributed by atoms with E-state index in [0.29, 0.717) is 11.6 Å². The summed E-state index contributed by atoms with van der Waals surface area (Å²) in [5, 5.41) is 4.27. The number of halogens is 1. The number of anilines is 1. The molecule has 0 atom stereocenters. The molecule has 0 spiro atoms. The number of hydrogen-bond donors (Lipinski definition) is 1. The van der Waals surface area contributed by atoms with Crippen molar-refractivity contribution in [2.45, 2.75) is 16.2 Å². The van der Waals surface area contributed by atoms with Crippen LogP contribution in [0.2, 0.25) is 5.02 Å². The Morgan fingerprint density at radius 1 is 1.21 bits per heavy atom. The topological polar surface area (TPSA) is 42.0 Å². The van der Waals surface area contributed by atoms with Crippen LogP contribution in [0.5, 0.6) is 0 Å². The lowest BCUT2D eigenvalue weighted by molar-refractivity contribution is -0.115. The average Bonchev–Trinajstić information content (AvgIpc) is 2.97. The van der Waals surface area contributed by atoms with Crippen LogP contribution in [-0.2, 0) is 4.79 Å². The highest BCUT2D eigenvalue weighted by molar-refractivity contribution is 7.99. The highest BCUT2D eigenvalue weighted by Crippen LogP contribution is 2.29. The van der Waals surface area contributed by atoms with Crippen molar-refractivity contribution >= 4 is 67.7 Å². The molecule has 3 nitrogen and oxygen atoms in total. The van der Waals surface area contributed by atoms with Crippen molar-refractivity contribution in [3.63, 3.8) is 0 Å². The summed E-state index contributed by atoms with van der Waals surface area (Å²) in [4.78, 5) is 18.8.